The maximum absolute atomic E-state index is 13.1. The van der Waals surface area contributed by atoms with Gasteiger partial charge in [-0.05, 0) is 48.1 Å². The Kier molecular flexibility index (Phi) is 5.20. The lowest BCUT2D eigenvalue weighted by atomic mass is 10.0. The first-order chi connectivity index (χ1) is 10.1. The predicted octanol–water partition coefficient (Wildman–Crippen LogP) is 5.31. The lowest BCUT2D eigenvalue weighted by Gasteiger charge is -2.04. The van der Waals surface area contributed by atoms with Crippen molar-refractivity contribution in [2.24, 2.45) is 0 Å². The summed E-state index contributed by atoms with van der Waals surface area (Å²) in [6.45, 7) is 2.08. The summed E-state index contributed by atoms with van der Waals surface area (Å²) in [5.74, 6) is -3.68. The van der Waals surface area contributed by atoms with E-state index in [2.05, 4.69) is 19.1 Å². The van der Waals surface area contributed by atoms with Crippen molar-refractivity contribution in [1.29, 1.82) is 0 Å². The molecule has 0 saturated heterocycles. The Labute approximate surface area is 122 Å². The molecule has 2 rings (SSSR count). The molecule has 21 heavy (non-hydrogen) atoms. The quantitative estimate of drug-likeness (QED) is 0.654. The smallest absolute Gasteiger partial charge is 0.194 e. The first-order valence-corrected chi connectivity index (χ1v) is 6.99. The molecule has 110 valence electrons. The molecule has 0 fully saturated rings. The van der Waals surface area contributed by atoms with Crippen LogP contribution in [0.1, 0.15) is 30.0 Å². The van der Waals surface area contributed by atoms with E-state index in [1.54, 1.807) is 0 Å². The van der Waals surface area contributed by atoms with Crippen LogP contribution >= 0.6 is 0 Å². The molecule has 0 atom stereocenters. The minimum atomic E-state index is -1.41. The van der Waals surface area contributed by atoms with E-state index in [9.17, 15) is 13.2 Å². The van der Waals surface area contributed by atoms with Gasteiger partial charge in [0.1, 0.15) is 0 Å². The number of hydrogen-bond donors (Lipinski definition) is 0. The summed E-state index contributed by atoms with van der Waals surface area (Å²) in [5, 5.41) is 0. The fraction of sp³-hybridized carbons (Fsp3) is 0.222. The highest BCUT2D eigenvalue weighted by Gasteiger charge is 2.10. The van der Waals surface area contributed by atoms with Gasteiger partial charge in [-0.1, -0.05) is 43.3 Å². The Hall–Kier alpha value is -2.03. The minimum absolute atomic E-state index is 0.460. The molecule has 0 spiro atoms. The monoisotopic (exact) mass is 290 g/mol. The van der Waals surface area contributed by atoms with Gasteiger partial charge in [-0.25, -0.2) is 13.2 Å². The normalized spacial score (nSPS) is 11.2. The second-order valence-corrected chi connectivity index (χ2v) is 4.93. The third-order valence-electron chi connectivity index (χ3n) is 3.27. The van der Waals surface area contributed by atoms with Crippen molar-refractivity contribution in [2.45, 2.75) is 26.2 Å². The molecular formula is C18H17F3. The lowest BCUT2D eigenvalue weighted by molar-refractivity contribution is 0.445. The third-order valence-corrected chi connectivity index (χ3v) is 3.27. The Balaban J connectivity index is 2.01. The molecule has 0 aliphatic rings. The fourth-order valence-electron chi connectivity index (χ4n) is 2.09. The standard InChI is InChI=1S/C18H17F3/c1-2-3-4-13-5-7-14(8-6-13)9-10-15-11-16(19)18(21)17(20)12-15/h3-8,11-12H,2,9-10H2,1H3/b4-3+. The molecule has 0 amide bonds. The van der Waals surface area contributed by atoms with E-state index in [1.807, 2.05) is 24.3 Å². The average Bonchev–Trinajstić information content (AvgIpc) is 2.49. The highest BCUT2D eigenvalue weighted by Crippen LogP contribution is 2.16. The molecule has 0 unspecified atom stereocenters. The number of allylic oxidation sites excluding steroid dienone is 1. The maximum Gasteiger partial charge on any atom is 0.194 e. The molecule has 0 nitrogen and oxygen atoms in total. The van der Waals surface area contributed by atoms with E-state index in [4.69, 9.17) is 0 Å². The van der Waals surface area contributed by atoms with Crippen LogP contribution in [-0.2, 0) is 12.8 Å². The first-order valence-electron chi connectivity index (χ1n) is 6.99. The average molecular weight is 290 g/mol. The van der Waals surface area contributed by atoms with Crippen molar-refractivity contribution < 1.29 is 13.2 Å². The van der Waals surface area contributed by atoms with Gasteiger partial charge in [-0.15, -0.1) is 0 Å². The van der Waals surface area contributed by atoms with E-state index in [0.717, 1.165) is 29.7 Å². The summed E-state index contributed by atoms with van der Waals surface area (Å²) in [5.41, 5.74) is 2.66. The summed E-state index contributed by atoms with van der Waals surface area (Å²) in [6.07, 6.45) is 6.25. The van der Waals surface area contributed by atoms with Gasteiger partial charge in [0.05, 0.1) is 0 Å². The van der Waals surface area contributed by atoms with Crippen LogP contribution in [0.25, 0.3) is 6.08 Å². The van der Waals surface area contributed by atoms with Gasteiger partial charge in [0, 0.05) is 0 Å². The Bertz CT molecular complexity index is 604. The number of benzene rings is 2. The second-order valence-electron chi connectivity index (χ2n) is 4.93. The summed E-state index contributed by atoms with van der Waals surface area (Å²) < 4.78 is 39.1. The van der Waals surface area contributed by atoms with Crippen molar-refractivity contribution in [3.8, 4) is 0 Å². The van der Waals surface area contributed by atoms with Crippen LogP contribution in [-0.4, -0.2) is 0 Å². The Morgan fingerprint density at radius 3 is 2.00 bits per heavy atom. The molecule has 0 aliphatic heterocycles. The molecule has 0 aromatic heterocycles. The molecule has 0 saturated carbocycles. The molecule has 2 aromatic carbocycles. The Morgan fingerprint density at radius 2 is 1.43 bits per heavy atom. The number of hydrogen-bond acceptors (Lipinski definition) is 0. The van der Waals surface area contributed by atoms with E-state index < -0.39 is 17.5 Å². The van der Waals surface area contributed by atoms with E-state index in [1.165, 1.54) is 0 Å². The van der Waals surface area contributed by atoms with E-state index >= 15 is 0 Å². The zero-order chi connectivity index (χ0) is 15.2. The van der Waals surface area contributed by atoms with Crippen LogP contribution < -0.4 is 0 Å². The molecule has 0 radical (unpaired) electrons. The fourth-order valence-corrected chi connectivity index (χ4v) is 2.09. The van der Waals surface area contributed by atoms with E-state index in [-0.39, 0.29) is 0 Å². The summed E-state index contributed by atoms with van der Waals surface area (Å²) in [6, 6.07) is 10.1. The van der Waals surface area contributed by atoms with Gasteiger partial charge < -0.3 is 0 Å². The molecule has 3 heteroatoms. The minimum Gasteiger partial charge on any atom is -0.204 e. The van der Waals surface area contributed by atoms with Crippen molar-refractivity contribution in [2.75, 3.05) is 0 Å². The van der Waals surface area contributed by atoms with Gasteiger partial charge in [-0.2, -0.15) is 0 Å². The lowest BCUT2D eigenvalue weighted by Crippen LogP contribution is -1.97. The number of rotatable bonds is 5. The summed E-state index contributed by atoms with van der Waals surface area (Å²) in [7, 11) is 0. The second kappa shape index (κ2) is 7.11. The first kappa shape index (κ1) is 15.4. The van der Waals surface area contributed by atoms with Crippen molar-refractivity contribution in [3.63, 3.8) is 0 Å². The topological polar surface area (TPSA) is 0 Å². The molecular weight excluding hydrogens is 273 g/mol. The van der Waals surface area contributed by atoms with Gasteiger partial charge in [-0.3, -0.25) is 0 Å². The predicted molar refractivity (Wildman–Crippen MR) is 79.5 cm³/mol. The van der Waals surface area contributed by atoms with Crippen LogP contribution in [0.3, 0.4) is 0 Å². The van der Waals surface area contributed by atoms with Crippen LogP contribution in [0.15, 0.2) is 42.5 Å². The zero-order valence-electron chi connectivity index (χ0n) is 11.9. The van der Waals surface area contributed by atoms with Crippen LogP contribution in [0.2, 0.25) is 0 Å². The molecule has 0 N–H and O–H groups in total. The molecule has 2 aromatic rings. The van der Waals surface area contributed by atoms with Gasteiger partial charge in [0.15, 0.2) is 17.5 Å². The molecule has 0 bridgehead atoms. The van der Waals surface area contributed by atoms with Crippen LogP contribution in [0.5, 0.6) is 0 Å². The van der Waals surface area contributed by atoms with Crippen molar-refractivity contribution >= 4 is 6.08 Å². The molecule has 0 aliphatic carbocycles. The maximum atomic E-state index is 13.1. The van der Waals surface area contributed by atoms with Gasteiger partial charge in [0.2, 0.25) is 0 Å². The van der Waals surface area contributed by atoms with Crippen LogP contribution in [0.4, 0.5) is 13.2 Å². The third kappa shape index (κ3) is 4.22. The number of halogens is 3. The van der Waals surface area contributed by atoms with Gasteiger partial charge in [0.25, 0.3) is 0 Å². The summed E-state index contributed by atoms with van der Waals surface area (Å²) in [4.78, 5) is 0. The number of aryl methyl sites for hydroxylation is 2. The van der Waals surface area contributed by atoms with E-state index in [0.29, 0.717) is 18.4 Å². The Morgan fingerprint density at radius 1 is 0.857 bits per heavy atom. The van der Waals surface area contributed by atoms with Gasteiger partial charge >= 0.3 is 0 Å². The van der Waals surface area contributed by atoms with Crippen molar-refractivity contribution in [3.05, 3.63) is 76.6 Å². The summed E-state index contributed by atoms with van der Waals surface area (Å²) >= 11 is 0. The van der Waals surface area contributed by atoms with Crippen molar-refractivity contribution in [1.82, 2.24) is 0 Å². The SMILES string of the molecule is CC/C=C/c1ccc(CCc2cc(F)c(F)c(F)c2)cc1. The van der Waals surface area contributed by atoms with Crippen LogP contribution in [0, 0.1) is 17.5 Å². The zero-order valence-corrected chi connectivity index (χ0v) is 11.9. The molecule has 0 heterocycles. The highest BCUT2D eigenvalue weighted by molar-refractivity contribution is 5.49. The highest BCUT2D eigenvalue weighted by atomic mass is 19.2. The largest absolute Gasteiger partial charge is 0.204 e.